The number of aromatic hydroxyl groups is 1. The first kappa shape index (κ1) is 16.6. The molecule has 0 aromatic heterocycles. The summed E-state index contributed by atoms with van der Waals surface area (Å²) in [5.74, 6) is -2.45. The summed E-state index contributed by atoms with van der Waals surface area (Å²) in [4.78, 5) is 25.7. The number of carbonyl (C=O) groups excluding carboxylic acids is 2. The molecule has 1 aromatic carbocycles. The van der Waals surface area contributed by atoms with Gasteiger partial charge in [-0.2, -0.15) is 0 Å². The average Bonchev–Trinajstić information content (AvgIpc) is 2.53. The summed E-state index contributed by atoms with van der Waals surface area (Å²) in [6.07, 6.45) is -3.17. The monoisotopic (exact) mass is 334 g/mol. The van der Waals surface area contributed by atoms with E-state index in [2.05, 4.69) is 0 Å². The molecule has 0 aliphatic heterocycles. The number of carbonyl (C=O) groups is 2. The van der Waals surface area contributed by atoms with Crippen LogP contribution < -0.4 is 4.74 Å². The Kier molecular flexibility index (Phi) is 3.56. The second-order valence-electron chi connectivity index (χ2n) is 6.42. The zero-order valence-electron chi connectivity index (χ0n) is 13.4. The van der Waals surface area contributed by atoms with Gasteiger partial charge in [-0.15, -0.1) is 0 Å². The fourth-order valence-corrected chi connectivity index (χ4v) is 3.50. The van der Waals surface area contributed by atoms with Crippen molar-refractivity contribution in [3.8, 4) is 11.5 Å². The molecule has 128 valence electrons. The Bertz CT molecular complexity index is 790. The van der Waals surface area contributed by atoms with E-state index in [0.29, 0.717) is 0 Å². The predicted octanol–water partition coefficient (Wildman–Crippen LogP) is 0.199. The summed E-state index contributed by atoms with van der Waals surface area (Å²) in [6, 6.07) is 2.52. The van der Waals surface area contributed by atoms with E-state index in [1.807, 2.05) is 0 Å². The van der Waals surface area contributed by atoms with Crippen molar-refractivity contribution < 1.29 is 34.8 Å². The van der Waals surface area contributed by atoms with Crippen LogP contribution >= 0.6 is 0 Å². The van der Waals surface area contributed by atoms with E-state index in [1.165, 1.54) is 33.1 Å². The summed E-state index contributed by atoms with van der Waals surface area (Å²) >= 11 is 0. The van der Waals surface area contributed by atoms with Crippen molar-refractivity contribution in [2.45, 2.75) is 31.7 Å². The standard InChI is InChI=1S/C17H18O7/c1-6-10-12(16(22)17(2,23)15(6)21)13(19)8-4-7(24-3)5-9(18)11(8)14(10)20/h4-6,15-16,18,21-23H,1-3H3/t6-,15+,16+,17+/m0/s1. The number of aliphatic hydroxyl groups excluding tert-OH is 2. The second kappa shape index (κ2) is 5.14. The number of Topliss-reactive ketones (excluding diaryl/α,β-unsaturated/α-hetero) is 2. The molecule has 0 saturated heterocycles. The van der Waals surface area contributed by atoms with Crippen molar-refractivity contribution in [2.75, 3.05) is 7.11 Å². The van der Waals surface area contributed by atoms with Gasteiger partial charge in [-0.3, -0.25) is 9.59 Å². The number of ether oxygens (including phenoxy) is 1. The number of rotatable bonds is 1. The largest absolute Gasteiger partial charge is 0.507 e. The Morgan fingerprint density at radius 3 is 2.33 bits per heavy atom. The van der Waals surface area contributed by atoms with Gasteiger partial charge in [0.15, 0.2) is 11.6 Å². The van der Waals surface area contributed by atoms with E-state index in [9.17, 15) is 30.0 Å². The highest BCUT2D eigenvalue weighted by Crippen LogP contribution is 2.45. The number of methoxy groups -OCH3 is 1. The van der Waals surface area contributed by atoms with Gasteiger partial charge in [0.1, 0.15) is 23.2 Å². The van der Waals surface area contributed by atoms with E-state index < -0.39 is 41.0 Å². The Hall–Kier alpha value is -2.22. The van der Waals surface area contributed by atoms with Crippen LogP contribution in [0.5, 0.6) is 11.5 Å². The molecule has 0 radical (unpaired) electrons. The lowest BCUT2D eigenvalue weighted by Crippen LogP contribution is -2.59. The van der Waals surface area contributed by atoms with Gasteiger partial charge in [0, 0.05) is 28.7 Å². The van der Waals surface area contributed by atoms with Crippen LogP contribution in [0.3, 0.4) is 0 Å². The Labute approximate surface area is 137 Å². The molecular formula is C17H18O7. The maximum atomic E-state index is 12.8. The molecule has 0 bridgehead atoms. The van der Waals surface area contributed by atoms with E-state index in [4.69, 9.17) is 4.74 Å². The molecule has 7 nitrogen and oxygen atoms in total. The molecule has 0 fully saturated rings. The normalized spacial score (nSPS) is 32.5. The Balaban J connectivity index is 2.29. The van der Waals surface area contributed by atoms with E-state index >= 15 is 0 Å². The molecule has 3 rings (SSSR count). The first-order valence-corrected chi connectivity index (χ1v) is 7.45. The van der Waals surface area contributed by atoms with Gasteiger partial charge in [0.05, 0.1) is 18.8 Å². The number of hydrogen-bond donors (Lipinski definition) is 4. The van der Waals surface area contributed by atoms with Crippen LogP contribution in [0.25, 0.3) is 0 Å². The predicted molar refractivity (Wildman–Crippen MR) is 82.1 cm³/mol. The molecule has 1 aromatic rings. The molecule has 0 amide bonds. The van der Waals surface area contributed by atoms with Crippen molar-refractivity contribution in [3.05, 3.63) is 34.4 Å². The minimum absolute atomic E-state index is 0.0838. The third-order valence-corrected chi connectivity index (χ3v) is 4.93. The summed E-state index contributed by atoms with van der Waals surface area (Å²) in [7, 11) is 1.35. The van der Waals surface area contributed by atoms with E-state index in [0.717, 1.165) is 0 Å². The Morgan fingerprint density at radius 1 is 1.12 bits per heavy atom. The highest BCUT2D eigenvalue weighted by Gasteiger charge is 2.54. The van der Waals surface area contributed by atoms with Gasteiger partial charge >= 0.3 is 0 Å². The van der Waals surface area contributed by atoms with Gasteiger partial charge in [0.25, 0.3) is 0 Å². The molecule has 7 heteroatoms. The zero-order valence-corrected chi connectivity index (χ0v) is 13.4. The summed E-state index contributed by atoms with van der Waals surface area (Å²) in [5.41, 5.74) is -2.60. The number of phenols is 1. The average molecular weight is 334 g/mol. The number of phenolic OH excluding ortho intramolecular Hbond substituents is 1. The van der Waals surface area contributed by atoms with Crippen molar-refractivity contribution >= 4 is 11.6 Å². The number of hydrogen-bond acceptors (Lipinski definition) is 7. The molecule has 4 atom stereocenters. The van der Waals surface area contributed by atoms with E-state index in [1.54, 1.807) is 0 Å². The summed E-state index contributed by atoms with van der Waals surface area (Å²) in [6.45, 7) is 2.69. The van der Waals surface area contributed by atoms with Crippen molar-refractivity contribution in [1.29, 1.82) is 0 Å². The second-order valence-corrected chi connectivity index (χ2v) is 6.42. The first-order chi connectivity index (χ1) is 11.1. The lowest BCUT2D eigenvalue weighted by molar-refractivity contribution is -0.140. The Morgan fingerprint density at radius 2 is 1.75 bits per heavy atom. The number of ketones is 2. The van der Waals surface area contributed by atoms with Crippen LogP contribution in [0.15, 0.2) is 23.3 Å². The molecule has 0 saturated carbocycles. The molecule has 24 heavy (non-hydrogen) atoms. The van der Waals surface area contributed by atoms with Crippen molar-refractivity contribution in [3.63, 3.8) is 0 Å². The summed E-state index contributed by atoms with van der Waals surface area (Å²) < 4.78 is 5.00. The molecule has 4 N–H and O–H groups in total. The van der Waals surface area contributed by atoms with Crippen LogP contribution in [-0.4, -0.2) is 56.9 Å². The van der Waals surface area contributed by atoms with Crippen LogP contribution in [0.2, 0.25) is 0 Å². The molecule has 0 spiro atoms. The highest BCUT2D eigenvalue weighted by atomic mass is 16.5. The fraction of sp³-hybridized carbons (Fsp3) is 0.412. The number of aliphatic hydroxyl groups is 3. The van der Waals surface area contributed by atoms with Crippen LogP contribution in [0, 0.1) is 5.92 Å². The minimum Gasteiger partial charge on any atom is -0.507 e. The molecular weight excluding hydrogens is 316 g/mol. The highest BCUT2D eigenvalue weighted by molar-refractivity contribution is 6.28. The third kappa shape index (κ3) is 1.95. The number of benzene rings is 1. The quantitative estimate of drug-likeness (QED) is 0.578. The van der Waals surface area contributed by atoms with E-state index in [-0.39, 0.29) is 28.0 Å². The maximum Gasteiger partial charge on any atom is 0.194 e. The van der Waals surface area contributed by atoms with Crippen LogP contribution in [0.4, 0.5) is 0 Å². The summed E-state index contributed by atoms with van der Waals surface area (Å²) in [5, 5.41) is 41.1. The molecule has 2 aliphatic rings. The number of fused-ring (bicyclic) bond motifs is 1. The van der Waals surface area contributed by atoms with Gasteiger partial charge in [-0.1, -0.05) is 6.92 Å². The van der Waals surface area contributed by atoms with Gasteiger partial charge in [0.2, 0.25) is 0 Å². The smallest absolute Gasteiger partial charge is 0.194 e. The topological polar surface area (TPSA) is 124 Å². The first-order valence-electron chi connectivity index (χ1n) is 7.45. The SMILES string of the molecule is COc1cc(O)c2c(c1)C(=O)C1=C(C2=O)[C@H](C)[C@@H](O)[C@@](C)(O)[C@@H]1O. The zero-order chi connectivity index (χ0) is 18.0. The fourth-order valence-electron chi connectivity index (χ4n) is 3.50. The van der Waals surface area contributed by atoms with Gasteiger partial charge in [-0.25, -0.2) is 0 Å². The lowest BCUT2D eigenvalue weighted by atomic mass is 9.65. The van der Waals surface area contributed by atoms with Gasteiger partial charge in [-0.05, 0) is 13.0 Å². The third-order valence-electron chi connectivity index (χ3n) is 4.93. The maximum absolute atomic E-state index is 12.8. The van der Waals surface area contributed by atoms with Crippen LogP contribution in [0.1, 0.15) is 34.6 Å². The molecule has 0 unspecified atom stereocenters. The van der Waals surface area contributed by atoms with Crippen molar-refractivity contribution in [2.24, 2.45) is 5.92 Å². The van der Waals surface area contributed by atoms with Gasteiger partial charge < -0.3 is 25.2 Å². The molecule has 2 aliphatic carbocycles. The minimum atomic E-state index is -1.98. The molecule has 0 heterocycles. The van der Waals surface area contributed by atoms with Crippen LogP contribution in [-0.2, 0) is 0 Å². The lowest BCUT2D eigenvalue weighted by Gasteiger charge is -2.44. The van der Waals surface area contributed by atoms with Crippen molar-refractivity contribution in [1.82, 2.24) is 0 Å².